The zero-order chi connectivity index (χ0) is 19.7. The van der Waals surface area contributed by atoms with Crippen LogP contribution in [0.4, 0.5) is 0 Å². The third kappa shape index (κ3) is 3.73. The van der Waals surface area contributed by atoms with Gasteiger partial charge in [0, 0.05) is 18.1 Å². The van der Waals surface area contributed by atoms with Gasteiger partial charge in [-0.15, -0.1) is 0 Å². The van der Waals surface area contributed by atoms with E-state index in [9.17, 15) is 25.2 Å². The minimum absolute atomic E-state index is 0.0493. The number of aromatic hydroxyl groups is 3. The Bertz CT molecular complexity index is 1060. The van der Waals surface area contributed by atoms with Crippen LogP contribution in [0, 0.1) is 0 Å². The molecular weight excluding hydrogens is 352 g/mol. The molecule has 7 heteroatoms. The first-order chi connectivity index (χ1) is 12.8. The predicted molar refractivity (Wildman–Crippen MR) is 98.5 cm³/mol. The van der Waals surface area contributed by atoms with Crippen LogP contribution in [0.5, 0.6) is 28.9 Å². The van der Waals surface area contributed by atoms with Gasteiger partial charge in [0.1, 0.15) is 28.4 Å². The predicted octanol–water partition coefficient (Wildman–Crippen LogP) is 3.18. The molecule has 0 radical (unpaired) electrons. The Morgan fingerprint density at radius 1 is 1.15 bits per heavy atom. The highest BCUT2D eigenvalue weighted by Gasteiger charge is 2.21. The highest BCUT2D eigenvalue weighted by molar-refractivity contribution is 5.88. The van der Waals surface area contributed by atoms with Crippen LogP contribution in [-0.4, -0.2) is 26.5 Å². The van der Waals surface area contributed by atoms with Gasteiger partial charge in [-0.2, -0.15) is 0 Å². The van der Waals surface area contributed by atoms with Gasteiger partial charge in [-0.25, -0.2) is 0 Å². The summed E-state index contributed by atoms with van der Waals surface area (Å²) in [7, 11) is 0. The molecule has 1 atom stereocenters. The van der Waals surface area contributed by atoms with Crippen LogP contribution in [0.15, 0.2) is 57.8 Å². The minimum atomic E-state index is -0.976. The van der Waals surface area contributed by atoms with E-state index in [-0.39, 0.29) is 40.4 Å². The van der Waals surface area contributed by atoms with Crippen LogP contribution in [0.25, 0.3) is 11.0 Å². The second-order valence-electron chi connectivity index (χ2n) is 6.19. The molecule has 3 rings (SSSR count). The summed E-state index contributed by atoms with van der Waals surface area (Å²) in [5.41, 5.74) is -0.0521. The summed E-state index contributed by atoms with van der Waals surface area (Å²) in [6.07, 6.45) is -1.04. The van der Waals surface area contributed by atoms with Crippen molar-refractivity contribution in [2.24, 2.45) is 0 Å². The molecule has 0 bridgehead atoms. The number of aliphatic hydroxyl groups excluding tert-OH is 1. The quantitative estimate of drug-likeness (QED) is 0.509. The molecule has 0 aliphatic rings. The third-order valence-corrected chi connectivity index (χ3v) is 4.06. The zero-order valence-corrected chi connectivity index (χ0v) is 14.5. The monoisotopic (exact) mass is 370 g/mol. The standard InChI is InChI=1S/C20H18O7/c1-10(2)14(22)7-13-15(23)8-16(24)19-17(25)9-18(27-20(13)19)26-12-5-3-11(21)4-6-12/h3-6,8-9,14,21-24H,1,7H2,2H3. The van der Waals surface area contributed by atoms with Crippen LogP contribution >= 0.6 is 0 Å². The fourth-order valence-corrected chi connectivity index (χ4v) is 2.58. The average molecular weight is 370 g/mol. The number of hydrogen-bond acceptors (Lipinski definition) is 7. The van der Waals surface area contributed by atoms with Crippen molar-refractivity contribution in [1.29, 1.82) is 0 Å². The molecular formula is C20H18O7. The van der Waals surface area contributed by atoms with Crippen LogP contribution in [0.3, 0.4) is 0 Å². The Morgan fingerprint density at radius 2 is 1.81 bits per heavy atom. The Labute approximate surface area is 154 Å². The summed E-state index contributed by atoms with van der Waals surface area (Å²) in [6.45, 7) is 5.28. The molecule has 0 spiro atoms. The van der Waals surface area contributed by atoms with E-state index >= 15 is 0 Å². The van der Waals surface area contributed by atoms with Gasteiger partial charge < -0.3 is 29.6 Å². The molecule has 3 aromatic rings. The van der Waals surface area contributed by atoms with Crippen molar-refractivity contribution in [3.63, 3.8) is 0 Å². The Hall–Kier alpha value is -3.45. The van der Waals surface area contributed by atoms with Crippen molar-refractivity contribution >= 4 is 11.0 Å². The molecule has 4 N–H and O–H groups in total. The van der Waals surface area contributed by atoms with E-state index in [1.54, 1.807) is 6.92 Å². The first-order valence-electron chi connectivity index (χ1n) is 8.08. The lowest BCUT2D eigenvalue weighted by atomic mass is 10.00. The fraction of sp³-hybridized carbons (Fsp3) is 0.150. The molecule has 27 heavy (non-hydrogen) atoms. The van der Waals surface area contributed by atoms with Crippen molar-refractivity contribution in [2.75, 3.05) is 0 Å². The molecule has 0 aliphatic carbocycles. The van der Waals surface area contributed by atoms with E-state index in [1.165, 1.54) is 24.3 Å². The largest absolute Gasteiger partial charge is 0.508 e. The normalized spacial score (nSPS) is 12.1. The SMILES string of the molecule is C=C(C)C(O)Cc1c(O)cc(O)c2c(=O)cc(Oc3ccc(O)cc3)oc12. The second kappa shape index (κ2) is 7.05. The lowest BCUT2D eigenvalue weighted by molar-refractivity contribution is 0.210. The van der Waals surface area contributed by atoms with Gasteiger partial charge in [0.15, 0.2) is 11.0 Å². The van der Waals surface area contributed by atoms with Crippen LogP contribution in [-0.2, 0) is 6.42 Å². The summed E-state index contributed by atoms with van der Waals surface area (Å²) < 4.78 is 11.1. The van der Waals surface area contributed by atoms with Crippen molar-refractivity contribution in [2.45, 2.75) is 19.4 Å². The molecule has 1 heterocycles. The van der Waals surface area contributed by atoms with E-state index in [2.05, 4.69) is 6.58 Å². The van der Waals surface area contributed by atoms with Gasteiger partial charge in [-0.05, 0) is 31.2 Å². The number of aliphatic hydroxyl groups is 1. The molecule has 0 saturated heterocycles. The maximum Gasteiger partial charge on any atom is 0.294 e. The maximum absolute atomic E-state index is 12.4. The molecule has 0 fully saturated rings. The molecule has 1 unspecified atom stereocenters. The van der Waals surface area contributed by atoms with E-state index in [0.29, 0.717) is 11.3 Å². The van der Waals surface area contributed by atoms with Gasteiger partial charge in [0.05, 0.1) is 12.2 Å². The van der Waals surface area contributed by atoms with Crippen molar-refractivity contribution in [3.05, 3.63) is 64.3 Å². The highest BCUT2D eigenvalue weighted by atomic mass is 16.6. The van der Waals surface area contributed by atoms with Crippen LogP contribution in [0.1, 0.15) is 12.5 Å². The van der Waals surface area contributed by atoms with E-state index in [0.717, 1.165) is 12.1 Å². The molecule has 2 aromatic carbocycles. The topological polar surface area (TPSA) is 120 Å². The molecule has 140 valence electrons. The van der Waals surface area contributed by atoms with Gasteiger partial charge in [0.25, 0.3) is 5.95 Å². The number of phenolic OH excluding ortho intramolecular Hbond substituents is 3. The Balaban J connectivity index is 2.14. The summed E-state index contributed by atoms with van der Waals surface area (Å²) in [4.78, 5) is 12.4. The summed E-state index contributed by atoms with van der Waals surface area (Å²) in [5, 5.41) is 39.5. The van der Waals surface area contributed by atoms with Gasteiger partial charge in [-0.3, -0.25) is 4.79 Å². The number of ether oxygens (including phenoxy) is 1. The first kappa shape index (κ1) is 18.3. The number of benzene rings is 2. The fourth-order valence-electron chi connectivity index (χ4n) is 2.58. The average Bonchev–Trinajstić information content (AvgIpc) is 2.59. The zero-order valence-electron chi connectivity index (χ0n) is 14.5. The lowest BCUT2D eigenvalue weighted by Gasteiger charge is -2.14. The lowest BCUT2D eigenvalue weighted by Crippen LogP contribution is -2.12. The molecule has 0 saturated carbocycles. The van der Waals surface area contributed by atoms with Crippen LogP contribution < -0.4 is 10.2 Å². The van der Waals surface area contributed by atoms with E-state index in [1.807, 2.05) is 0 Å². The number of rotatable bonds is 5. The second-order valence-corrected chi connectivity index (χ2v) is 6.19. The van der Waals surface area contributed by atoms with Gasteiger partial charge >= 0.3 is 0 Å². The van der Waals surface area contributed by atoms with E-state index < -0.39 is 17.3 Å². The molecule has 0 aliphatic heterocycles. The van der Waals surface area contributed by atoms with E-state index in [4.69, 9.17) is 9.15 Å². The Kier molecular flexibility index (Phi) is 4.79. The third-order valence-electron chi connectivity index (χ3n) is 4.06. The number of hydrogen-bond donors (Lipinski definition) is 4. The van der Waals surface area contributed by atoms with Gasteiger partial charge in [-0.1, -0.05) is 12.2 Å². The van der Waals surface area contributed by atoms with Gasteiger partial charge in [0.2, 0.25) is 0 Å². The number of phenols is 3. The molecule has 1 aromatic heterocycles. The smallest absolute Gasteiger partial charge is 0.294 e. The summed E-state index contributed by atoms with van der Waals surface area (Å²) in [6, 6.07) is 7.85. The summed E-state index contributed by atoms with van der Waals surface area (Å²) >= 11 is 0. The first-order valence-corrected chi connectivity index (χ1v) is 8.08. The summed E-state index contributed by atoms with van der Waals surface area (Å²) in [5.74, 6) is -0.586. The van der Waals surface area contributed by atoms with Crippen molar-refractivity contribution in [1.82, 2.24) is 0 Å². The number of fused-ring (bicyclic) bond motifs is 1. The minimum Gasteiger partial charge on any atom is -0.508 e. The Morgan fingerprint density at radius 3 is 2.44 bits per heavy atom. The van der Waals surface area contributed by atoms with Crippen molar-refractivity contribution in [3.8, 4) is 28.9 Å². The maximum atomic E-state index is 12.4. The highest BCUT2D eigenvalue weighted by Crippen LogP contribution is 2.36. The molecule has 7 nitrogen and oxygen atoms in total. The van der Waals surface area contributed by atoms with Crippen LogP contribution in [0.2, 0.25) is 0 Å². The molecule has 0 amide bonds. The van der Waals surface area contributed by atoms with Crippen molar-refractivity contribution < 1.29 is 29.6 Å².